The van der Waals surface area contributed by atoms with E-state index >= 15 is 8.78 Å². The van der Waals surface area contributed by atoms with E-state index in [4.69, 9.17) is 14.2 Å². The second-order valence-electron chi connectivity index (χ2n) is 9.28. The fourth-order valence-corrected chi connectivity index (χ4v) is 4.02. The van der Waals surface area contributed by atoms with Crippen molar-refractivity contribution in [2.24, 2.45) is 0 Å². The van der Waals surface area contributed by atoms with Crippen LogP contribution in [0, 0.1) is 17.5 Å². The van der Waals surface area contributed by atoms with Gasteiger partial charge in [-0.1, -0.05) is 63.1 Å². The number of rotatable bonds is 13. The third-order valence-electron chi connectivity index (χ3n) is 6.37. The first-order valence-corrected chi connectivity index (χ1v) is 13.4. The van der Waals surface area contributed by atoms with E-state index < -0.39 is 17.5 Å². The molecular formula is C33H33F3O3. The molecule has 0 amide bonds. The van der Waals surface area contributed by atoms with Gasteiger partial charge in [0, 0.05) is 22.8 Å². The van der Waals surface area contributed by atoms with Crippen LogP contribution in [0.4, 0.5) is 13.2 Å². The zero-order chi connectivity index (χ0) is 27.6. The average molecular weight is 535 g/mol. The number of hydrogen-bond acceptors (Lipinski definition) is 3. The lowest BCUT2D eigenvalue weighted by Gasteiger charge is -2.12. The van der Waals surface area contributed by atoms with Crippen molar-refractivity contribution in [2.45, 2.75) is 46.1 Å². The van der Waals surface area contributed by atoms with Crippen molar-refractivity contribution in [3.05, 3.63) is 102 Å². The summed E-state index contributed by atoms with van der Waals surface area (Å²) < 4.78 is 61.4. The van der Waals surface area contributed by atoms with E-state index in [0.29, 0.717) is 47.2 Å². The minimum atomic E-state index is -0.923. The molecule has 0 aliphatic carbocycles. The quantitative estimate of drug-likeness (QED) is 0.160. The van der Waals surface area contributed by atoms with Gasteiger partial charge in [-0.3, -0.25) is 0 Å². The molecule has 0 aromatic heterocycles. The molecule has 0 spiro atoms. The zero-order valence-electron chi connectivity index (χ0n) is 22.3. The molecule has 3 nitrogen and oxygen atoms in total. The lowest BCUT2D eigenvalue weighted by molar-refractivity contribution is 0.295. The summed E-state index contributed by atoms with van der Waals surface area (Å²) in [5.74, 6) is -0.569. The number of unbranched alkanes of at least 4 members (excludes halogenated alkanes) is 2. The largest absolute Gasteiger partial charge is 0.494 e. The van der Waals surface area contributed by atoms with Gasteiger partial charge in [-0.15, -0.1) is 0 Å². The Kier molecular flexibility index (Phi) is 9.90. The minimum Gasteiger partial charge on any atom is -0.494 e. The third-order valence-corrected chi connectivity index (χ3v) is 6.37. The molecule has 0 saturated heterocycles. The van der Waals surface area contributed by atoms with Gasteiger partial charge in [0.05, 0.1) is 13.2 Å². The summed E-state index contributed by atoms with van der Waals surface area (Å²) in [5.41, 5.74) is 1.79. The zero-order valence-corrected chi connectivity index (χ0v) is 22.3. The first kappa shape index (κ1) is 28.1. The third kappa shape index (κ3) is 7.34. The molecule has 0 bridgehead atoms. The maximum absolute atomic E-state index is 15.1. The lowest BCUT2D eigenvalue weighted by atomic mass is 9.98. The number of hydrogen-bond donors (Lipinski definition) is 0. The van der Waals surface area contributed by atoms with Gasteiger partial charge in [0.25, 0.3) is 0 Å². The van der Waals surface area contributed by atoms with E-state index in [2.05, 4.69) is 13.8 Å². The van der Waals surface area contributed by atoms with Gasteiger partial charge in [-0.2, -0.15) is 0 Å². The van der Waals surface area contributed by atoms with Gasteiger partial charge in [0.2, 0.25) is 0 Å². The summed E-state index contributed by atoms with van der Waals surface area (Å²) in [4.78, 5) is 0. The molecule has 0 saturated carbocycles. The minimum absolute atomic E-state index is 0.0283. The summed E-state index contributed by atoms with van der Waals surface area (Å²) in [7, 11) is 0. The maximum Gasteiger partial charge on any atom is 0.167 e. The predicted octanol–water partition coefficient (Wildman–Crippen LogP) is 9.37. The van der Waals surface area contributed by atoms with Crippen molar-refractivity contribution >= 4 is 0 Å². The predicted molar refractivity (Wildman–Crippen MR) is 149 cm³/mol. The Balaban J connectivity index is 1.40. The molecule has 0 unspecified atom stereocenters. The maximum atomic E-state index is 15.1. The van der Waals surface area contributed by atoms with Crippen LogP contribution in [0.1, 0.15) is 45.1 Å². The highest BCUT2D eigenvalue weighted by Crippen LogP contribution is 2.33. The van der Waals surface area contributed by atoms with E-state index in [-0.39, 0.29) is 17.7 Å². The fraction of sp³-hybridized carbons (Fsp3) is 0.273. The molecule has 0 heterocycles. The molecule has 4 aromatic carbocycles. The van der Waals surface area contributed by atoms with E-state index in [1.807, 2.05) is 0 Å². The Labute approximate surface area is 228 Å². The normalized spacial score (nSPS) is 10.9. The van der Waals surface area contributed by atoms with Gasteiger partial charge in [-0.05, 0) is 60.4 Å². The standard InChI is InChI=1S/C33H33F3O3/c1-3-5-19-37-26-12-7-23(8-13-26)29-17-18-30(33(36)32(29)35)24-9-14-27(15-10-24)39-22-25-11-16-28(21-31(25)34)38-20-6-4-2/h7-18,21H,3-6,19-20,22H2,1-2H3. The van der Waals surface area contributed by atoms with Crippen molar-refractivity contribution in [1.82, 2.24) is 0 Å². The van der Waals surface area contributed by atoms with Crippen LogP contribution in [0.15, 0.2) is 78.9 Å². The molecular weight excluding hydrogens is 501 g/mol. The lowest BCUT2D eigenvalue weighted by Crippen LogP contribution is -2.01. The fourth-order valence-electron chi connectivity index (χ4n) is 4.02. The summed E-state index contributed by atoms with van der Waals surface area (Å²) in [6, 6.07) is 21.4. The first-order chi connectivity index (χ1) is 19.0. The van der Waals surface area contributed by atoms with E-state index in [1.165, 1.54) is 6.07 Å². The van der Waals surface area contributed by atoms with Gasteiger partial charge >= 0.3 is 0 Å². The Morgan fingerprint density at radius 3 is 1.49 bits per heavy atom. The molecule has 0 atom stereocenters. The SMILES string of the molecule is CCCCOc1ccc(-c2ccc(-c3ccc(OCc4ccc(OCCCC)cc4F)cc3)c(F)c2F)cc1. The highest BCUT2D eigenvalue weighted by molar-refractivity contribution is 5.72. The van der Waals surface area contributed by atoms with Crippen molar-refractivity contribution in [3.8, 4) is 39.5 Å². The summed E-state index contributed by atoms with van der Waals surface area (Å²) >= 11 is 0. The topological polar surface area (TPSA) is 27.7 Å². The number of ether oxygens (including phenoxy) is 3. The van der Waals surface area contributed by atoms with Crippen LogP contribution < -0.4 is 14.2 Å². The molecule has 0 aliphatic rings. The van der Waals surface area contributed by atoms with Gasteiger partial charge < -0.3 is 14.2 Å². The van der Waals surface area contributed by atoms with Crippen LogP contribution >= 0.6 is 0 Å². The molecule has 0 N–H and O–H groups in total. The molecule has 4 rings (SSSR count). The molecule has 204 valence electrons. The Bertz CT molecular complexity index is 1350. The van der Waals surface area contributed by atoms with Crippen LogP contribution in [0.25, 0.3) is 22.3 Å². The van der Waals surface area contributed by atoms with E-state index in [1.54, 1.807) is 72.8 Å². The average Bonchev–Trinajstić information content (AvgIpc) is 2.95. The second-order valence-corrected chi connectivity index (χ2v) is 9.28. The monoisotopic (exact) mass is 534 g/mol. The van der Waals surface area contributed by atoms with Crippen molar-refractivity contribution < 1.29 is 27.4 Å². The number of benzene rings is 4. The second kappa shape index (κ2) is 13.7. The highest BCUT2D eigenvalue weighted by Gasteiger charge is 2.16. The number of halogens is 3. The van der Waals surface area contributed by atoms with Crippen LogP contribution in [-0.4, -0.2) is 13.2 Å². The first-order valence-electron chi connectivity index (χ1n) is 13.4. The van der Waals surface area contributed by atoms with Crippen LogP contribution in [-0.2, 0) is 6.61 Å². The van der Waals surface area contributed by atoms with Crippen molar-refractivity contribution in [3.63, 3.8) is 0 Å². The van der Waals surface area contributed by atoms with Gasteiger partial charge in [0.15, 0.2) is 11.6 Å². The molecule has 39 heavy (non-hydrogen) atoms. The summed E-state index contributed by atoms with van der Waals surface area (Å²) in [6.45, 7) is 5.35. The van der Waals surface area contributed by atoms with Crippen molar-refractivity contribution in [2.75, 3.05) is 13.2 Å². The van der Waals surface area contributed by atoms with Crippen LogP contribution in [0.5, 0.6) is 17.2 Å². The highest BCUT2D eigenvalue weighted by atomic mass is 19.2. The van der Waals surface area contributed by atoms with Crippen LogP contribution in [0.3, 0.4) is 0 Å². The van der Waals surface area contributed by atoms with Gasteiger partial charge in [0.1, 0.15) is 29.7 Å². The molecule has 0 radical (unpaired) electrons. The molecule has 0 fully saturated rings. The van der Waals surface area contributed by atoms with E-state index in [0.717, 1.165) is 25.7 Å². The molecule has 6 heteroatoms. The van der Waals surface area contributed by atoms with Crippen molar-refractivity contribution in [1.29, 1.82) is 0 Å². The van der Waals surface area contributed by atoms with E-state index in [9.17, 15) is 4.39 Å². The van der Waals surface area contributed by atoms with Gasteiger partial charge in [-0.25, -0.2) is 13.2 Å². The molecule has 4 aromatic rings. The Morgan fingerprint density at radius 2 is 1.00 bits per heavy atom. The Hall–Kier alpha value is -3.93. The van der Waals surface area contributed by atoms with Crippen LogP contribution in [0.2, 0.25) is 0 Å². The summed E-state index contributed by atoms with van der Waals surface area (Å²) in [6.07, 6.45) is 3.90. The summed E-state index contributed by atoms with van der Waals surface area (Å²) in [5, 5.41) is 0. The Morgan fingerprint density at radius 1 is 0.538 bits per heavy atom. The molecule has 0 aliphatic heterocycles. The smallest absolute Gasteiger partial charge is 0.167 e.